The molecule has 1 aromatic rings. The van der Waals surface area contributed by atoms with E-state index in [1.54, 1.807) is 0 Å². The normalized spacial score (nSPS) is 12.0. The second kappa shape index (κ2) is 6.38. The highest BCUT2D eigenvalue weighted by molar-refractivity contribution is 5.42. The molecule has 3 nitrogen and oxygen atoms in total. The van der Waals surface area contributed by atoms with Gasteiger partial charge in [-0.05, 0) is 51.3 Å². The number of rotatable bonds is 5. The zero-order valence-electron chi connectivity index (χ0n) is 13.5. The van der Waals surface area contributed by atoms with Crippen molar-refractivity contribution in [2.45, 2.75) is 59.5 Å². The van der Waals surface area contributed by atoms with Gasteiger partial charge in [-0.25, -0.2) is 4.98 Å². The van der Waals surface area contributed by atoms with Crippen LogP contribution >= 0.6 is 0 Å². The molecule has 0 fully saturated rings. The van der Waals surface area contributed by atoms with Crippen LogP contribution in [0.3, 0.4) is 0 Å². The summed E-state index contributed by atoms with van der Waals surface area (Å²) in [6.07, 6.45) is 0. The third kappa shape index (κ3) is 5.19. The summed E-state index contributed by atoms with van der Waals surface area (Å²) in [5, 5.41) is 3.54. The highest BCUT2D eigenvalue weighted by Crippen LogP contribution is 2.20. The van der Waals surface area contributed by atoms with Gasteiger partial charge in [0.1, 0.15) is 5.82 Å². The standard InChI is InChI=1S/C16H29N3/c1-8-19(7)15-10-13(11-17-16(4,5)6)9-14(18-15)12(2)3/h9-10,12,17H,8,11H2,1-7H3. The molecule has 0 aliphatic carbocycles. The predicted molar refractivity (Wildman–Crippen MR) is 83.9 cm³/mol. The summed E-state index contributed by atoms with van der Waals surface area (Å²) in [4.78, 5) is 6.93. The predicted octanol–water partition coefficient (Wildman–Crippen LogP) is 3.55. The number of anilines is 1. The first kappa shape index (κ1) is 16.0. The number of nitrogens with one attached hydrogen (secondary N) is 1. The van der Waals surface area contributed by atoms with Gasteiger partial charge in [-0.3, -0.25) is 0 Å². The number of pyridine rings is 1. The molecule has 1 heterocycles. The zero-order chi connectivity index (χ0) is 14.6. The Hall–Kier alpha value is -1.09. The molecule has 0 atom stereocenters. The lowest BCUT2D eigenvalue weighted by atomic mass is 10.1. The molecule has 0 aliphatic rings. The fraction of sp³-hybridized carbons (Fsp3) is 0.688. The summed E-state index contributed by atoms with van der Waals surface area (Å²) in [7, 11) is 2.09. The number of nitrogens with zero attached hydrogens (tertiary/aromatic N) is 2. The van der Waals surface area contributed by atoms with E-state index >= 15 is 0 Å². The quantitative estimate of drug-likeness (QED) is 0.880. The van der Waals surface area contributed by atoms with E-state index in [2.05, 4.69) is 70.9 Å². The Balaban J connectivity index is 2.99. The Morgan fingerprint density at radius 1 is 1.26 bits per heavy atom. The molecule has 1 aromatic heterocycles. The lowest BCUT2D eigenvalue weighted by molar-refractivity contribution is 0.424. The second-order valence-corrected chi connectivity index (χ2v) is 6.53. The van der Waals surface area contributed by atoms with E-state index in [0.717, 1.165) is 18.9 Å². The fourth-order valence-electron chi connectivity index (χ4n) is 1.72. The van der Waals surface area contributed by atoms with Crippen molar-refractivity contribution in [1.29, 1.82) is 0 Å². The second-order valence-electron chi connectivity index (χ2n) is 6.53. The first-order valence-electron chi connectivity index (χ1n) is 7.20. The Morgan fingerprint density at radius 3 is 2.37 bits per heavy atom. The van der Waals surface area contributed by atoms with E-state index in [0.29, 0.717) is 5.92 Å². The first-order valence-corrected chi connectivity index (χ1v) is 7.20. The molecular formula is C16H29N3. The zero-order valence-corrected chi connectivity index (χ0v) is 13.5. The van der Waals surface area contributed by atoms with Gasteiger partial charge in [0, 0.05) is 31.4 Å². The summed E-state index contributed by atoms with van der Waals surface area (Å²) in [5.41, 5.74) is 2.62. The third-order valence-corrected chi connectivity index (χ3v) is 3.17. The first-order chi connectivity index (χ1) is 8.73. The molecule has 0 radical (unpaired) electrons. The molecule has 1 N–H and O–H groups in total. The van der Waals surface area contributed by atoms with Crippen molar-refractivity contribution in [1.82, 2.24) is 10.3 Å². The summed E-state index contributed by atoms with van der Waals surface area (Å²) in [6.45, 7) is 15.0. The molecule has 0 unspecified atom stereocenters. The smallest absolute Gasteiger partial charge is 0.128 e. The van der Waals surface area contributed by atoms with Gasteiger partial charge < -0.3 is 10.2 Å². The average Bonchev–Trinajstić information content (AvgIpc) is 2.34. The molecule has 0 saturated heterocycles. The van der Waals surface area contributed by atoms with E-state index < -0.39 is 0 Å². The number of aromatic nitrogens is 1. The lowest BCUT2D eigenvalue weighted by Gasteiger charge is -2.23. The maximum atomic E-state index is 4.75. The van der Waals surface area contributed by atoms with Crippen LogP contribution in [0.2, 0.25) is 0 Å². The minimum Gasteiger partial charge on any atom is -0.360 e. The van der Waals surface area contributed by atoms with E-state index in [9.17, 15) is 0 Å². The van der Waals surface area contributed by atoms with Gasteiger partial charge in [0.05, 0.1) is 0 Å². The molecule has 0 saturated carbocycles. The number of hydrogen-bond donors (Lipinski definition) is 1. The van der Waals surface area contributed by atoms with Crippen molar-refractivity contribution in [2.75, 3.05) is 18.5 Å². The van der Waals surface area contributed by atoms with Crippen LogP contribution in [0.5, 0.6) is 0 Å². The van der Waals surface area contributed by atoms with Crippen LogP contribution < -0.4 is 10.2 Å². The van der Waals surface area contributed by atoms with Crippen LogP contribution in [0.15, 0.2) is 12.1 Å². The highest BCUT2D eigenvalue weighted by Gasteiger charge is 2.12. The van der Waals surface area contributed by atoms with Crippen LogP contribution in [0.1, 0.15) is 58.7 Å². The van der Waals surface area contributed by atoms with Crippen molar-refractivity contribution in [2.24, 2.45) is 0 Å². The molecule has 19 heavy (non-hydrogen) atoms. The van der Waals surface area contributed by atoms with E-state index in [4.69, 9.17) is 4.98 Å². The fourth-order valence-corrected chi connectivity index (χ4v) is 1.72. The molecular weight excluding hydrogens is 234 g/mol. The van der Waals surface area contributed by atoms with Gasteiger partial charge in [0.25, 0.3) is 0 Å². The van der Waals surface area contributed by atoms with Gasteiger partial charge in [0.15, 0.2) is 0 Å². The Bertz CT molecular complexity index is 405. The van der Waals surface area contributed by atoms with E-state index in [-0.39, 0.29) is 5.54 Å². The molecule has 108 valence electrons. The Morgan fingerprint density at radius 2 is 1.89 bits per heavy atom. The van der Waals surface area contributed by atoms with Crippen molar-refractivity contribution < 1.29 is 0 Å². The van der Waals surface area contributed by atoms with Crippen molar-refractivity contribution in [3.05, 3.63) is 23.4 Å². The third-order valence-electron chi connectivity index (χ3n) is 3.17. The average molecular weight is 263 g/mol. The minimum atomic E-state index is 0.137. The van der Waals surface area contributed by atoms with Crippen LogP contribution in [0.25, 0.3) is 0 Å². The number of hydrogen-bond acceptors (Lipinski definition) is 3. The van der Waals surface area contributed by atoms with Gasteiger partial charge in [-0.15, -0.1) is 0 Å². The summed E-state index contributed by atoms with van der Waals surface area (Å²) >= 11 is 0. The van der Waals surface area contributed by atoms with Gasteiger partial charge >= 0.3 is 0 Å². The molecule has 0 aliphatic heterocycles. The summed E-state index contributed by atoms with van der Waals surface area (Å²) < 4.78 is 0. The van der Waals surface area contributed by atoms with E-state index in [1.165, 1.54) is 11.3 Å². The van der Waals surface area contributed by atoms with Crippen LogP contribution in [0, 0.1) is 0 Å². The Labute approximate surface area is 118 Å². The van der Waals surface area contributed by atoms with Crippen molar-refractivity contribution in [3.8, 4) is 0 Å². The minimum absolute atomic E-state index is 0.137. The van der Waals surface area contributed by atoms with Crippen LogP contribution in [-0.2, 0) is 6.54 Å². The molecule has 1 rings (SSSR count). The van der Waals surface area contributed by atoms with Crippen molar-refractivity contribution >= 4 is 5.82 Å². The summed E-state index contributed by atoms with van der Waals surface area (Å²) in [5.74, 6) is 1.53. The monoisotopic (exact) mass is 263 g/mol. The largest absolute Gasteiger partial charge is 0.360 e. The molecule has 0 amide bonds. The van der Waals surface area contributed by atoms with Crippen LogP contribution in [-0.4, -0.2) is 24.1 Å². The maximum absolute atomic E-state index is 4.75. The van der Waals surface area contributed by atoms with E-state index in [1.807, 2.05) is 0 Å². The Kier molecular flexibility index (Phi) is 5.36. The molecule has 0 aromatic carbocycles. The maximum Gasteiger partial charge on any atom is 0.128 e. The molecule has 3 heteroatoms. The van der Waals surface area contributed by atoms with Gasteiger partial charge in [-0.1, -0.05) is 13.8 Å². The topological polar surface area (TPSA) is 28.2 Å². The highest BCUT2D eigenvalue weighted by atomic mass is 15.2. The molecule has 0 bridgehead atoms. The van der Waals surface area contributed by atoms with Gasteiger partial charge in [-0.2, -0.15) is 0 Å². The van der Waals surface area contributed by atoms with Crippen LogP contribution in [0.4, 0.5) is 5.82 Å². The van der Waals surface area contributed by atoms with Gasteiger partial charge in [0.2, 0.25) is 0 Å². The SMILES string of the molecule is CCN(C)c1cc(CNC(C)(C)C)cc(C(C)C)n1. The molecule has 0 spiro atoms. The summed E-state index contributed by atoms with van der Waals surface area (Å²) in [6, 6.07) is 4.41. The lowest BCUT2D eigenvalue weighted by Crippen LogP contribution is -2.35. The van der Waals surface area contributed by atoms with Crippen molar-refractivity contribution in [3.63, 3.8) is 0 Å².